The molecular weight excluding hydrogens is 326 g/mol. The summed E-state index contributed by atoms with van der Waals surface area (Å²) in [6.07, 6.45) is 2.94. The molecule has 0 aliphatic carbocycles. The lowest BCUT2D eigenvalue weighted by atomic mass is 10.0. The minimum Gasteiger partial charge on any atom is -0.370 e. The van der Waals surface area contributed by atoms with Crippen LogP contribution < -0.4 is 11.1 Å². The fourth-order valence-corrected chi connectivity index (χ4v) is 3.31. The first-order chi connectivity index (χ1) is 12.4. The highest BCUT2D eigenvalue weighted by Crippen LogP contribution is 2.19. The van der Waals surface area contributed by atoms with Gasteiger partial charge < -0.3 is 16.0 Å². The van der Waals surface area contributed by atoms with Crippen LogP contribution >= 0.6 is 0 Å². The summed E-state index contributed by atoms with van der Waals surface area (Å²) in [5.74, 6) is 1.12. The molecule has 1 saturated heterocycles. The van der Waals surface area contributed by atoms with Crippen LogP contribution in [0.5, 0.6) is 0 Å². The SMILES string of the molecule is CC(C)c1cccc(NC(N)=NCCCN2CCCC2C(=O)N(C)C)c1. The number of nitrogens with two attached hydrogens (primary N) is 1. The topological polar surface area (TPSA) is 74.0 Å². The number of carbonyl (C=O) groups excluding carboxylic acids is 1. The van der Waals surface area contributed by atoms with E-state index in [0.29, 0.717) is 18.4 Å². The van der Waals surface area contributed by atoms with E-state index in [1.807, 2.05) is 26.2 Å². The Hall–Kier alpha value is -2.08. The maximum absolute atomic E-state index is 12.2. The Kier molecular flexibility index (Phi) is 7.45. The van der Waals surface area contributed by atoms with Gasteiger partial charge in [0.2, 0.25) is 5.91 Å². The molecule has 1 fully saturated rings. The van der Waals surface area contributed by atoms with Crippen LogP contribution in [-0.4, -0.2) is 61.4 Å². The molecule has 2 rings (SSSR count). The van der Waals surface area contributed by atoms with Gasteiger partial charge in [-0.1, -0.05) is 26.0 Å². The molecule has 1 aliphatic rings. The third-order valence-electron chi connectivity index (χ3n) is 4.80. The van der Waals surface area contributed by atoms with Crippen LogP contribution in [0.15, 0.2) is 29.3 Å². The maximum atomic E-state index is 12.2. The number of carbonyl (C=O) groups is 1. The summed E-state index contributed by atoms with van der Waals surface area (Å²) < 4.78 is 0. The van der Waals surface area contributed by atoms with Crippen molar-refractivity contribution in [3.8, 4) is 0 Å². The molecule has 0 saturated carbocycles. The minimum atomic E-state index is 0.0308. The van der Waals surface area contributed by atoms with Crippen molar-refractivity contribution in [3.63, 3.8) is 0 Å². The van der Waals surface area contributed by atoms with Gasteiger partial charge in [-0.05, 0) is 49.4 Å². The van der Waals surface area contributed by atoms with Gasteiger partial charge in [0.15, 0.2) is 5.96 Å². The average molecular weight is 360 g/mol. The third kappa shape index (κ3) is 5.73. The zero-order valence-corrected chi connectivity index (χ0v) is 16.5. The lowest BCUT2D eigenvalue weighted by Crippen LogP contribution is -2.43. The second-order valence-electron chi connectivity index (χ2n) is 7.45. The van der Waals surface area contributed by atoms with E-state index in [0.717, 1.165) is 38.0 Å². The quantitative estimate of drug-likeness (QED) is 0.446. The molecule has 26 heavy (non-hydrogen) atoms. The number of amides is 1. The Bertz CT molecular complexity index is 626. The first kappa shape index (κ1) is 20.2. The molecule has 6 nitrogen and oxygen atoms in total. The second-order valence-corrected chi connectivity index (χ2v) is 7.45. The summed E-state index contributed by atoms with van der Waals surface area (Å²) in [6.45, 7) is 6.86. The molecule has 6 heteroatoms. The smallest absolute Gasteiger partial charge is 0.239 e. The van der Waals surface area contributed by atoms with Crippen LogP contribution in [0.4, 0.5) is 5.69 Å². The molecule has 1 heterocycles. The number of rotatable bonds is 7. The van der Waals surface area contributed by atoms with Crippen LogP contribution in [0.1, 0.15) is 44.6 Å². The number of likely N-dealkylation sites (N-methyl/N-ethyl adjacent to an activating group) is 1. The monoisotopic (exact) mass is 359 g/mol. The molecule has 1 aromatic carbocycles. The summed E-state index contributed by atoms with van der Waals surface area (Å²) in [6, 6.07) is 8.28. The van der Waals surface area contributed by atoms with Gasteiger partial charge in [0, 0.05) is 32.9 Å². The summed E-state index contributed by atoms with van der Waals surface area (Å²) in [4.78, 5) is 20.6. The molecule has 0 bridgehead atoms. The van der Waals surface area contributed by atoms with Crippen LogP contribution in [0.25, 0.3) is 0 Å². The first-order valence-electron chi connectivity index (χ1n) is 9.50. The predicted octanol–water partition coefficient (Wildman–Crippen LogP) is 2.48. The van der Waals surface area contributed by atoms with Gasteiger partial charge in [0.25, 0.3) is 0 Å². The summed E-state index contributed by atoms with van der Waals surface area (Å²) in [5.41, 5.74) is 8.24. The zero-order valence-electron chi connectivity index (χ0n) is 16.5. The number of hydrogen-bond donors (Lipinski definition) is 2. The Morgan fingerprint density at radius 1 is 1.42 bits per heavy atom. The largest absolute Gasteiger partial charge is 0.370 e. The minimum absolute atomic E-state index is 0.0308. The Morgan fingerprint density at radius 2 is 2.19 bits per heavy atom. The number of hydrogen-bond acceptors (Lipinski definition) is 3. The summed E-state index contributed by atoms with van der Waals surface area (Å²) in [7, 11) is 3.65. The number of nitrogens with one attached hydrogen (secondary N) is 1. The van der Waals surface area contributed by atoms with Crippen molar-refractivity contribution in [2.24, 2.45) is 10.7 Å². The number of nitrogens with zero attached hydrogens (tertiary/aromatic N) is 3. The Morgan fingerprint density at radius 3 is 2.88 bits per heavy atom. The Labute approximate surface area is 157 Å². The van der Waals surface area contributed by atoms with Crippen molar-refractivity contribution < 1.29 is 4.79 Å². The van der Waals surface area contributed by atoms with E-state index in [-0.39, 0.29) is 11.9 Å². The highest BCUT2D eigenvalue weighted by atomic mass is 16.2. The molecule has 144 valence electrons. The fourth-order valence-electron chi connectivity index (χ4n) is 3.31. The van der Waals surface area contributed by atoms with E-state index >= 15 is 0 Å². The van der Waals surface area contributed by atoms with Gasteiger partial charge in [-0.25, -0.2) is 0 Å². The van der Waals surface area contributed by atoms with Gasteiger partial charge in [-0.2, -0.15) is 0 Å². The summed E-state index contributed by atoms with van der Waals surface area (Å²) in [5, 5.41) is 3.16. The molecule has 0 spiro atoms. The molecule has 3 N–H and O–H groups in total. The van der Waals surface area contributed by atoms with Crippen LogP contribution in [-0.2, 0) is 4.79 Å². The molecule has 1 atom stereocenters. The molecule has 1 aromatic rings. The van der Waals surface area contributed by atoms with E-state index in [1.54, 1.807) is 4.90 Å². The van der Waals surface area contributed by atoms with E-state index in [4.69, 9.17) is 5.73 Å². The molecule has 1 aliphatic heterocycles. The maximum Gasteiger partial charge on any atom is 0.239 e. The van der Waals surface area contributed by atoms with Crippen LogP contribution in [0.3, 0.4) is 0 Å². The molecule has 1 unspecified atom stereocenters. The van der Waals surface area contributed by atoms with Gasteiger partial charge in [0.05, 0.1) is 6.04 Å². The number of likely N-dealkylation sites (tertiary alicyclic amines) is 1. The molecule has 0 radical (unpaired) electrons. The third-order valence-corrected chi connectivity index (χ3v) is 4.80. The first-order valence-corrected chi connectivity index (χ1v) is 9.50. The van der Waals surface area contributed by atoms with Gasteiger partial charge in [0.1, 0.15) is 0 Å². The number of guanidine groups is 1. The van der Waals surface area contributed by atoms with E-state index in [2.05, 4.69) is 41.2 Å². The molecular formula is C20H33N5O. The molecule has 1 amide bonds. The van der Waals surface area contributed by atoms with Gasteiger partial charge in [-0.3, -0.25) is 14.7 Å². The van der Waals surface area contributed by atoms with Gasteiger partial charge >= 0.3 is 0 Å². The highest BCUT2D eigenvalue weighted by molar-refractivity contribution is 5.92. The predicted molar refractivity (Wildman–Crippen MR) is 109 cm³/mol. The zero-order chi connectivity index (χ0) is 19.1. The second kappa shape index (κ2) is 9.57. The number of benzene rings is 1. The number of aliphatic imine (C=N–C) groups is 1. The fraction of sp³-hybridized carbons (Fsp3) is 0.600. The average Bonchev–Trinajstić information content (AvgIpc) is 3.06. The van der Waals surface area contributed by atoms with Crippen LogP contribution in [0, 0.1) is 0 Å². The van der Waals surface area contributed by atoms with Crippen molar-refractivity contribution in [2.45, 2.75) is 45.1 Å². The standard InChI is InChI=1S/C20H33N5O/c1-15(2)16-8-5-9-17(14-16)23-20(21)22-11-7-13-25-12-6-10-18(25)19(26)24(3)4/h5,8-9,14-15,18H,6-7,10-13H2,1-4H3,(H3,21,22,23). The van der Waals surface area contributed by atoms with Crippen LogP contribution in [0.2, 0.25) is 0 Å². The van der Waals surface area contributed by atoms with E-state index in [9.17, 15) is 4.79 Å². The van der Waals surface area contributed by atoms with Crippen molar-refractivity contribution in [2.75, 3.05) is 39.0 Å². The highest BCUT2D eigenvalue weighted by Gasteiger charge is 2.30. The van der Waals surface area contributed by atoms with Crippen molar-refractivity contribution in [3.05, 3.63) is 29.8 Å². The van der Waals surface area contributed by atoms with Crippen molar-refractivity contribution >= 4 is 17.6 Å². The lowest BCUT2D eigenvalue weighted by molar-refractivity contribution is -0.133. The Balaban J connectivity index is 1.79. The molecule has 0 aromatic heterocycles. The van der Waals surface area contributed by atoms with E-state index in [1.165, 1.54) is 5.56 Å². The normalized spacial score (nSPS) is 18.3. The van der Waals surface area contributed by atoms with Crippen molar-refractivity contribution in [1.82, 2.24) is 9.80 Å². The van der Waals surface area contributed by atoms with Crippen molar-refractivity contribution in [1.29, 1.82) is 0 Å². The summed E-state index contributed by atoms with van der Waals surface area (Å²) >= 11 is 0. The number of anilines is 1. The lowest BCUT2D eigenvalue weighted by Gasteiger charge is -2.25. The van der Waals surface area contributed by atoms with Gasteiger partial charge in [-0.15, -0.1) is 0 Å². The van der Waals surface area contributed by atoms with E-state index < -0.39 is 0 Å².